The summed E-state index contributed by atoms with van der Waals surface area (Å²) in [5, 5.41) is 9.38. The highest BCUT2D eigenvalue weighted by atomic mass is 127. The molecule has 0 aliphatic heterocycles. The number of rotatable bonds is 2. The fourth-order valence-corrected chi connectivity index (χ4v) is 1.55. The van der Waals surface area contributed by atoms with Crippen LogP contribution in [0, 0.1) is 3.57 Å². The Morgan fingerprint density at radius 3 is 2.67 bits per heavy atom. The second-order valence-electron chi connectivity index (χ2n) is 2.56. The van der Waals surface area contributed by atoms with Crippen molar-refractivity contribution in [1.82, 2.24) is 0 Å². The molecule has 1 aromatic carbocycles. The van der Waals surface area contributed by atoms with Crippen molar-refractivity contribution in [2.45, 2.75) is 13.0 Å². The molecule has 12 heavy (non-hydrogen) atoms. The van der Waals surface area contributed by atoms with E-state index in [9.17, 15) is 5.11 Å². The fraction of sp³-hybridized carbons (Fsp3) is 0.333. The Kier molecular flexibility index (Phi) is 3.34. The van der Waals surface area contributed by atoms with E-state index >= 15 is 0 Å². The number of methoxy groups -OCH3 is 1. The smallest absolute Gasteiger partial charge is 0.124 e. The zero-order chi connectivity index (χ0) is 9.14. The molecule has 1 N–H and O–H groups in total. The minimum Gasteiger partial charge on any atom is -0.496 e. The van der Waals surface area contributed by atoms with Crippen molar-refractivity contribution in [3.63, 3.8) is 0 Å². The minimum atomic E-state index is -0.477. The second-order valence-corrected chi connectivity index (χ2v) is 3.81. The number of hydrogen-bond acceptors (Lipinski definition) is 2. The number of ether oxygens (including phenoxy) is 1. The molecule has 1 aromatic rings. The lowest BCUT2D eigenvalue weighted by atomic mass is 10.1. The molecule has 0 unspecified atom stereocenters. The van der Waals surface area contributed by atoms with Gasteiger partial charge in [-0.3, -0.25) is 0 Å². The summed E-state index contributed by atoms with van der Waals surface area (Å²) >= 11 is 2.21. The van der Waals surface area contributed by atoms with Gasteiger partial charge in [0.2, 0.25) is 0 Å². The molecule has 2 nitrogen and oxygen atoms in total. The third-order valence-electron chi connectivity index (χ3n) is 1.64. The SMILES string of the molecule is COc1ccc(I)cc1[C@@H](C)O. The van der Waals surface area contributed by atoms with Crippen molar-refractivity contribution in [2.75, 3.05) is 7.11 Å². The summed E-state index contributed by atoms with van der Waals surface area (Å²) in [5.74, 6) is 0.741. The largest absolute Gasteiger partial charge is 0.496 e. The predicted molar refractivity (Wildman–Crippen MR) is 56.3 cm³/mol. The van der Waals surface area contributed by atoms with Crippen molar-refractivity contribution in [3.8, 4) is 5.75 Å². The number of halogens is 1. The van der Waals surface area contributed by atoms with Crippen molar-refractivity contribution < 1.29 is 9.84 Å². The summed E-state index contributed by atoms with van der Waals surface area (Å²) in [4.78, 5) is 0. The molecule has 0 aromatic heterocycles. The lowest BCUT2D eigenvalue weighted by Gasteiger charge is -2.10. The lowest BCUT2D eigenvalue weighted by molar-refractivity contribution is 0.194. The van der Waals surface area contributed by atoms with E-state index in [4.69, 9.17) is 4.74 Å². The molecule has 3 heteroatoms. The molecule has 0 fully saturated rings. The quantitative estimate of drug-likeness (QED) is 0.841. The van der Waals surface area contributed by atoms with Crippen LogP contribution < -0.4 is 4.74 Å². The Labute approximate surface area is 85.7 Å². The van der Waals surface area contributed by atoms with Gasteiger partial charge in [-0.2, -0.15) is 0 Å². The van der Waals surface area contributed by atoms with Gasteiger partial charge in [-0.15, -0.1) is 0 Å². The zero-order valence-electron chi connectivity index (χ0n) is 7.04. The molecule has 0 radical (unpaired) electrons. The molecule has 1 rings (SSSR count). The first-order valence-corrected chi connectivity index (χ1v) is 4.74. The van der Waals surface area contributed by atoms with Crippen LogP contribution in [-0.2, 0) is 0 Å². The summed E-state index contributed by atoms with van der Waals surface area (Å²) in [6, 6.07) is 5.74. The monoisotopic (exact) mass is 278 g/mol. The molecule has 0 saturated carbocycles. The Morgan fingerprint density at radius 2 is 2.17 bits per heavy atom. The number of hydrogen-bond donors (Lipinski definition) is 1. The van der Waals surface area contributed by atoms with Gasteiger partial charge in [0, 0.05) is 9.13 Å². The minimum absolute atomic E-state index is 0.477. The highest BCUT2D eigenvalue weighted by Gasteiger charge is 2.07. The van der Waals surface area contributed by atoms with Crippen molar-refractivity contribution in [3.05, 3.63) is 27.3 Å². The first-order valence-electron chi connectivity index (χ1n) is 3.66. The van der Waals surface area contributed by atoms with E-state index in [0.717, 1.165) is 14.9 Å². The van der Waals surface area contributed by atoms with Gasteiger partial charge >= 0.3 is 0 Å². The Morgan fingerprint density at radius 1 is 1.50 bits per heavy atom. The van der Waals surface area contributed by atoms with Gasteiger partial charge in [0.1, 0.15) is 5.75 Å². The van der Waals surface area contributed by atoms with Crippen LogP contribution in [0.1, 0.15) is 18.6 Å². The second kappa shape index (κ2) is 4.09. The highest BCUT2D eigenvalue weighted by molar-refractivity contribution is 14.1. The van der Waals surface area contributed by atoms with Crippen LogP contribution in [0.3, 0.4) is 0 Å². The van der Waals surface area contributed by atoms with E-state index < -0.39 is 6.10 Å². The molecule has 0 heterocycles. The van der Waals surface area contributed by atoms with E-state index in [1.165, 1.54) is 0 Å². The van der Waals surface area contributed by atoms with E-state index in [0.29, 0.717) is 0 Å². The normalized spacial score (nSPS) is 12.7. The van der Waals surface area contributed by atoms with Gasteiger partial charge in [-0.1, -0.05) is 0 Å². The highest BCUT2D eigenvalue weighted by Crippen LogP contribution is 2.26. The van der Waals surface area contributed by atoms with Crippen LogP contribution in [0.4, 0.5) is 0 Å². The molecule has 66 valence electrons. The molecule has 0 aliphatic carbocycles. The average molecular weight is 278 g/mol. The molecule has 1 atom stereocenters. The first kappa shape index (κ1) is 9.80. The molecular weight excluding hydrogens is 267 g/mol. The van der Waals surface area contributed by atoms with Crippen LogP contribution in [0.25, 0.3) is 0 Å². The fourth-order valence-electron chi connectivity index (χ4n) is 1.03. The summed E-state index contributed by atoms with van der Waals surface area (Å²) < 4.78 is 6.20. The van der Waals surface area contributed by atoms with Crippen LogP contribution >= 0.6 is 22.6 Å². The van der Waals surface area contributed by atoms with Crippen LogP contribution in [0.15, 0.2) is 18.2 Å². The van der Waals surface area contributed by atoms with Crippen molar-refractivity contribution >= 4 is 22.6 Å². The Hall–Kier alpha value is -0.290. The molecule has 0 amide bonds. The first-order chi connectivity index (χ1) is 5.65. The van der Waals surface area contributed by atoms with Gasteiger partial charge in [-0.05, 0) is 47.7 Å². The topological polar surface area (TPSA) is 29.5 Å². The molecule has 0 aliphatic rings. The van der Waals surface area contributed by atoms with E-state index in [1.54, 1.807) is 14.0 Å². The maximum absolute atomic E-state index is 9.38. The Balaban J connectivity index is 3.12. The van der Waals surface area contributed by atoms with Gasteiger partial charge < -0.3 is 9.84 Å². The predicted octanol–water partition coefficient (Wildman–Crippen LogP) is 2.35. The van der Waals surface area contributed by atoms with E-state index in [1.807, 2.05) is 18.2 Å². The van der Waals surface area contributed by atoms with Gasteiger partial charge in [-0.25, -0.2) is 0 Å². The third kappa shape index (κ3) is 2.10. The Bertz CT molecular complexity index is 271. The van der Waals surface area contributed by atoms with Gasteiger partial charge in [0.15, 0.2) is 0 Å². The number of benzene rings is 1. The van der Waals surface area contributed by atoms with E-state index in [2.05, 4.69) is 22.6 Å². The average Bonchev–Trinajstić information content (AvgIpc) is 2.04. The van der Waals surface area contributed by atoms with Crippen LogP contribution in [-0.4, -0.2) is 12.2 Å². The lowest BCUT2D eigenvalue weighted by Crippen LogP contribution is -1.96. The summed E-state index contributed by atoms with van der Waals surface area (Å²) in [6.45, 7) is 1.73. The summed E-state index contributed by atoms with van der Waals surface area (Å²) in [5.41, 5.74) is 0.837. The van der Waals surface area contributed by atoms with Crippen molar-refractivity contribution in [2.24, 2.45) is 0 Å². The van der Waals surface area contributed by atoms with Gasteiger partial charge in [0.05, 0.1) is 13.2 Å². The zero-order valence-corrected chi connectivity index (χ0v) is 9.20. The van der Waals surface area contributed by atoms with Gasteiger partial charge in [0.25, 0.3) is 0 Å². The maximum Gasteiger partial charge on any atom is 0.124 e. The standard InChI is InChI=1S/C9H11IO2/c1-6(11)8-5-7(10)3-4-9(8)12-2/h3-6,11H,1-2H3/t6-/m1/s1. The third-order valence-corrected chi connectivity index (χ3v) is 2.31. The summed E-state index contributed by atoms with van der Waals surface area (Å²) in [7, 11) is 1.61. The van der Waals surface area contributed by atoms with Crippen LogP contribution in [0.2, 0.25) is 0 Å². The maximum atomic E-state index is 9.38. The molecular formula is C9H11IO2. The molecule has 0 spiro atoms. The molecule has 0 saturated heterocycles. The molecule has 0 bridgehead atoms. The van der Waals surface area contributed by atoms with Crippen LogP contribution in [0.5, 0.6) is 5.75 Å². The summed E-state index contributed by atoms with van der Waals surface area (Å²) in [6.07, 6.45) is -0.477. The number of aliphatic hydroxyl groups excluding tert-OH is 1. The number of aliphatic hydroxyl groups is 1. The van der Waals surface area contributed by atoms with E-state index in [-0.39, 0.29) is 0 Å². The van der Waals surface area contributed by atoms with Crippen molar-refractivity contribution in [1.29, 1.82) is 0 Å².